The van der Waals surface area contributed by atoms with E-state index in [4.69, 9.17) is 4.98 Å². The maximum atomic E-state index is 11.2. The first-order valence-electron chi connectivity index (χ1n) is 7.72. The zero-order valence-corrected chi connectivity index (χ0v) is 15.4. The van der Waals surface area contributed by atoms with Gasteiger partial charge in [0.2, 0.25) is 15.2 Å². The standard InChI is InChI=1S/C14H26N4O2S2/c1-14(2,3)12-16-13(21-17-12)18-10-6-5-7-11(18)8-9-15-22(4,19)20/h11,15H,5-10H2,1-4H3/t11-/m1/s1. The van der Waals surface area contributed by atoms with E-state index in [-0.39, 0.29) is 5.41 Å². The maximum Gasteiger partial charge on any atom is 0.208 e. The minimum absolute atomic E-state index is 0.0438. The number of aromatic nitrogens is 2. The number of hydrogen-bond donors (Lipinski definition) is 1. The lowest BCUT2D eigenvalue weighted by molar-refractivity contribution is 0.435. The largest absolute Gasteiger partial charge is 0.344 e. The Hall–Kier alpha value is -0.730. The van der Waals surface area contributed by atoms with Gasteiger partial charge in [0.05, 0.1) is 6.26 Å². The number of piperidine rings is 1. The molecule has 126 valence electrons. The summed E-state index contributed by atoms with van der Waals surface area (Å²) in [5.74, 6) is 0.881. The highest BCUT2D eigenvalue weighted by Crippen LogP contribution is 2.30. The van der Waals surface area contributed by atoms with E-state index in [1.165, 1.54) is 24.2 Å². The second-order valence-corrected chi connectivity index (χ2v) is 9.51. The van der Waals surface area contributed by atoms with Gasteiger partial charge in [-0.2, -0.15) is 4.37 Å². The van der Waals surface area contributed by atoms with Gasteiger partial charge in [-0.05, 0) is 25.7 Å². The molecule has 1 N–H and O–H groups in total. The van der Waals surface area contributed by atoms with Crippen molar-refractivity contribution in [1.29, 1.82) is 0 Å². The topological polar surface area (TPSA) is 75.2 Å². The Balaban J connectivity index is 2.04. The summed E-state index contributed by atoms with van der Waals surface area (Å²) in [5.41, 5.74) is -0.0438. The number of nitrogens with one attached hydrogen (secondary N) is 1. The van der Waals surface area contributed by atoms with Crippen molar-refractivity contribution in [3.8, 4) is 0 Å². The predicted molar refractivity (Wildman–Crippen MR) is 91.1 cm³/mol. The highest BCUT2D eigenvalue weighted by Gasteiger charge is 2.27. The van der Waals surface area contributed by atoms with Crippen LogP contribution in [0.15, 0.2) is 0 Å². The molecule has 0 spiro atoms. The molecule has 8 heteroatoms. The van der Waals surface area contributed by atoms with Gasteiger partial charge in [-0.15, -0.1) is 0 Å². The lowest BCUT2D eigenvalue weighted by Gasteiger charge is -2.35. The normalized spacial score (nSPS) is 20.4. The molecule has 0 aromatic carbocycles. The van der Waals surface area contributed by atoms with E-state index in [0.29, 0.717) is 12.6 Å². The summed E-state index contributed by atoms with van der Waals surface area (Å²) < 4.78 is 29.5. The van der Waals surface area contributed by atoms with E-state index in [1.54, 1.807) is 0 Å². The van der Waals surface area contributed by atoms with Crippen molar-refractivity contribution >= 4 is 26.7 Å². The summed E-state index contributed by atoms with van der Waals surface area (Å²) in [7, 11) is -3.12. The van der Waals surface area contributed by atoms with Gasteiger partial charge in [-0.1, -0.05) is 20.8 Å². The van der Waals surface area contributed by atoms with E-state index in [0.717, 1.165) is 36.8 Å². The molecule has 1 atom stereocenters. The van der Waals surface area contributed by atoms with Gasteiger partial charge < -0.3 is 4.90 Å². The molecule has 0 aliphatic carbocycles. The average Bonchev–Trinajstić information content (AvgIpc) is 2.87. The number of nitrogens with zero attached hydrogens (tertiary/aromatic N) is 3. The Bertz CT molecular complexity index is 592. The fourth-order valence-corrected chi connectivity index (χ4v) is 4.04. The molecule has 1 aromatic heterocycles. The van der Waals surface area contributed by atoms with Gasteiger partial charge >= 0.3 is 0 Å². The third-order valence-electron chi connectivity index (χ3n) is 3.80. The van der Waals surface area contributed by atoms with Crippen molar-refractivity contribution in [3.63, 3.8) is 0 Å². The fraction of sp³-hybridized carbons (Fsp3) is 0.857. The number of hydrogen-bond acceptors (Lipinski definition) is 6. The molecule has 2 rings (SSSR count). The van der Waals surface area contributed by atoms with Crippen molar-refractivity contribution in [2.45, 2.75) is 57.9 Å². The molecule has 0 saturated carbocycles. The third kappa shape index (κ3) is 4.89. The Morgan fingerprint density at radius 2 is 2.09 bits per heavy atom. The third-order valence-corrected chi connectivity index (χ3v) is 5.28. The van der Waals surface area contributed by atoms with Crippen LogP contribution in [0, 0.1) is 0 Å². The molecule has 1 aromatic rings. The Morgan fingerprint density at radius 3 is 2.68 bits per heavy atom. The van der Waals surface area contributed by atoms with Gasteiger partial charge in [0, 0.05) is 36.1 Å². The molecule has 1 aliphatic heterocycles. The molecule has 0 bridgehead atoms. The van der Waals surface area contributed by atoms with Crippen LogP contribution < -0.4 is 9.62 Å². The van der Waals surface area contributed by atoms with Crippen LogP contribution in [0.25, 0.3) is 0 Å². The van der Waals surface area contributed by atoms with E-state index in [9.17, 15) is 8.42 Å². The number of sulfonamides is 1. The van der Waals surface area contributed by atoms with Crippen LogP contribution in [0.4, 0.5) is 5.13 Å². The first kappa shape index (κ1) is 17.6. The molecule has 6 nitrogen and oxygen atoms in total. The Labute approximate surface area is 137 Å². The van der Waals surface area contributed by atoms with Crippen LogP contribution in [0.3, 0.4) is 0 Å². The summed E-state index contributed by atoms with van der Waals surface area (Å²) in [5, 5.41) is 0.967. The van der Waals surface area contributed by atoms with Crippen LogP contribution in [0.5, 0.6) is 0 Å². The zero-order chi connectivity index (χ0) is 16.4. The van der Waals surface area contributed by atoms with E-state index in [1.807, 2.05) is 0 Å². The van der Waals surface area contributed by atoms with Crippen LogP contribution in [0.1, 0.15) is 52.3 Å². The number of rotatable bonds is 5. The second kappa shape index (κ2) is 6.80. The molecule has 1 fully saturated rings. The first-order chi connectivity index (χ1) is 10.2. The minimum Gasteiger partial charge on any atom is -0.344 e. The molecule has 1 saturated heterocycles. The van der Waals surface area contributed by atoms with Gasteiger partial charge in [-0.25, -0.2) is 18.1 Å². The molecule has 0 unspecified atom stereocenters. The van der Waals surface area contributed by atoms with E-state index >= 15 is 0 Å². The van der Waals surface area contributed by atoms with Gasteiger partial charge in [0.15, 0.2) is 0 Å². The molecule has 22 heavy (non-hydrogen) atoms. The van der Waals surface area contributed by atoms with E-state index < -0.39 is 10.0 Å². The Kier molecular flexibility index (Phi) is 5.45. The predicted octanol–water partition coefficient (Wildman–Crippen LogP) is 2.13. The molecule has 1 aliphatic rings. The summed E-state index contributed by atoms with van der Waals surface area (Å²) in [6, 6.07) is 0.337. The SMILES string of the molecule is CC(C)(C)c1nsc(N2CCCC[C@@H]2CCNS(C)(=O)=O)n1. The van der Waals surface area contributed by atoms with Crippen LogP contribution in [-0.2, 0) is 15.4 Å². The van der Waals surface area contributed by atoms with Crippen molar-refractivity contribution < 1.29 is 8.42 Å². The molecular weight excluding hydrogens is 320 g/mol. The smallest absolute Gasteiger partial charge is 0.208 e. The lowest BCUT2D eigenvalue weighted by atomic mass is 9.96. The zero-order valence-electron chi connectivity index (χ0n) is 13.8. The maximum absolute atomic E-state index is 11.2. The summed E-state index contributed by atoms with van der Waals surface area (Å²) >= 11 is 1.45. The first-order valence-corrected chi connectivity index (χ1v) is 10.4. The molecule has 2 heterocycles. The fourth-order valence-electron chi connectivity index (χ4n) is 2.60. The van der Waals surface area contributed by atoms with Gasteiger partial charge in [-0.3, -0.25) is 0 Å². The van der Waals surface area contributed by atoms with Crippen LogP contribution in [-0.4, -0.2) is 43.2 Å². The van der Waals surface area contributed by atoms with Gasteiger partial charge in [0.25, 0.3) is 0 Å². The van der Waals surface area contributed by atoms with Crippen molar-refractivity contribution in [1.82, 2.24) is 14.1 Å². The summed E-state index contributed by atoms with van der Waals surface area (Å²) in [6.45, 7) is 7.79. The Morgan fingerprint density at radius 1 is 1.36 bits per heavy atom. The van der Waals surface area contributed by atoms with Crippen molar-refractivity contribution in [2.24, 2.45) is 0 Å². The summed E-state index contributed by atoms with van der Waals surface area (Å²) in [6.07, 6.45) is 5.42. The van der Waals surface area contributed by atoms with Crippen LogP contribution >= 0.6 is 11.5 Å². The van der Waals surface area contributed by atoms with Gasteiger partial charge in [0.1, 0.15) is 5.82 Å². The molecule has 0 amide bonds. The highest BCUT2D eigenvalue weighted by atomic mass is 32.2. The number of anilines is 1. The molecular formula is C14H26N4O2S2. The highest BCUT2D eigenvalue weighted by molar-refractivity contribution is 7.88. The summed E-state index contributed by atoms with van der Waals surface area (Å²) in [4.78, 5) is 7.01. The van der Waals surface area contributed by atoms with Crippen LogP contribution in [0.2, 0.25) is 0 Å². The monoisotopic (exact) mass is 346 g/mol. The van der Waals surface area contributed by atoms with Crippen molar-refractivity contribution in [2.75, 3.05) is 24.2 Å². The van der Waals surface area contributed by atoms with Crippen molar-refractivity contribution in [3.05, 3.63) is 5.82 Å². The lowest BCUT2D eigenvalue weighted by Crippen LogP contribution is -2.41. The quantitative estimate of drug-likeness (QED) is 0.884. The minimum atomic E-state index is -3.12. The average molecular weight is 347 g/mol. The van der Waals surface area contributed by atoms with E-state index in [2.05, 4.69) is 34.8 Å². The second-order valence-electron chi connectivity index (χ2n) is 6.95. The molecule has 0 radical (unpaired) electrons.